The number of nitrogens with two attached hydrogens (primary N) is 1. The van der Waals surface area contributed by atoms with Gasteiger partial charge in [0.1, 0.15) is 0 Å². The molecule has 1 aromatic carbocycles. The molecule has 0 aliphatic carbocycles. The lowest BCUT2D eigenvalue weighted by molar-refractivity contribution is -0.0264. The van der Waals surface area contributed by atoms with Gasteiger partial charge >= 0.3 is 0 Å². The van der Waals surface area contributed by atoms with Crippen molar-refractivity contribution < 1.29 is 9.84 Å². The number of hydrogen-bond donors (Lipinski definition) is 2. The van der Waals surface area contributed by atoms with Crippen LogP contribution in [0.2, 0.25) is 0 Å². The Hall–Kier alpha value is -0.420. The number of ether oxygens (including phenoxy) is 1. The maximum absolute atomic E-state index is 10.7. The molecule has 4 atom stereocenters. The summed E-state index contributed by atoms with van der Waals surface area (Å²) in [6.07, 6.45) is 2.89. The fourth-order valence-corrected chi connectivity index (χ4v) is 3.69. The normalized spacial score (nSPS) is 35.9. The summed E-state index contributed by atoms with van der Waals surface area (Å²) in [5.41, 5.74) is 6.61. The SMILES string of the molecule is NCC1(C(O)c2ccc(Br)cc2)CC2CCC1O2. The van der Waals surface area contributed by atoms with Crippen molar-refractivity contribution in [3.63, 3.8) is 0 Å². The molecule has 2 saturated heterocycles. The van der Waals surface area contributed by atoms with Crippen LogP contribution in [-0.2, 0) is 4.74 Å². The average molecular weight is 312 g/mol. The van der Waals surface area contributed by atoms with Crippen LogP contribution in [0, 0.1) is 5.41 Å². The van der Waals surface area contributed by atoms with Gasteiger partial charge in [0.05, 0.1) is 18.3 Å². The van der Waals surface area contributed by atoms with E-state index in [0.717, 1.165) is 29.3 Å². The predicted molar refractivity (Wildman–Crippen MR) is 73.1 cm³/mol. The van der Waals surface area contributed by atoms with Crippen LogP contribution in [0.5, 0.6) is 0 Å². The summed E-state index contributed by atoms with van der Waals surface area (Å²) in [4.78, 5) is 0. The third kappa shape index (κ3) is 1.83. The maximum Gasteiger partial charge on any atom is 0.0884 e. The van der Waals surface area contributed by atoms with Gasteiger partial charge in [-0.05, 0) is 37.0 Å². The Kier molecular flexibility index (Phi) is 3.22. The molecule has 0 saturated carbocycles. The second-order valence-electron chi connectivity index (χ2n) is 5.42. The molecule has 2 heterocycles. The standard InChI is InChI=1S/C14H18BrNO2/c15-10-3-1-9(2-4-10)13(17)14(8-16)7-11-5-6-12(14)18-11/h1-4,11-13,17H,5-8,16H2. The smallest absolute Gasteiger partial charge is 0.0884 e. The molecular formula is C14H18BrNO2. The Labute approximate surface area is 115 Å². The van der Waals surface area contributed by atoms with E-state index in [9.17, 15) is 5.11 Å². The molecule has 4 unspecified atom stereocenters. The first kappa shape index (κ1) is 12.6. The molecule has 0 amide bonds. The highest BCUT2D eigenvalue weighted by molar-refractivity contribution is 9.10. The molecule has 0 radical (unpaired) electrons. The molecule has 18 heavy (non-hydrogen) atoms. The molecule has 4 heteroatoms. The molecule has 2 bridgehead atoms. The van der Waals surface area contributed by atoms with Gasteiger partial charge in [0.2, 0.25) is 0 Å². The third-order valence-corrected chi connectivity index (χ3v) is 5.00. The quantitative estimate of drug-likeness (QED) is 0.901. The van der Waals surface area contributed by atoms with Crippen molar-refractivity contribution in [2.75, 3.05) is 6.54 Å². The van der Waals surface area contributed by atoms with E-state index in [4.69, 9.17) is 10.5 Å². The van der Waals surface area contributed by atoms with Crippen LogP contribution in [0.25, 0.3) is 0 Å². The Morgan fingerprint density at radius 1 is 1.39 bits per heavy atom. The van der Waals surface area contributed by atoms with E-state index in [0.29, 0.717) is 12.6 Å². The van der Waals surface area contributed by atoms with Crippen molar-refractivity contribution in [2.45, 2.75) is 37.6 Å². The zero-order valence-electron chi connectivity index (χ0n) is 10.2. The van der Waals surface area contributed by atoms with Gasteiger partial charge in [0, 0.05) is 16.4 Å². The van der Waals surface area contributed by atoms with E-state index in [1.807, 2.05) is 24.3 Å². The lowest BCUT2D eigenvalue weighted by atomic mass is 9.68. The van der Waals surface area contributed by atoms with Gasteiger partial charge in [-0.2, -0.15) is 0 Å². The molecule has 2 aliphatic heterocycles. The van der Waals surface area contributed by atoms with Gasteiger partial charge in [-0.15, -0.1) is 0 Å². The number of aliphatic hydroxyl groups is 1. The zero-order chi connectivity index (χ0) is 12.8. The minimum Gasteiger partial charge on any atom is -0.388 e. The van der Waals surface area contributed by atoms with Gasteiger partial charge < -0.3 is 15.6 Å². The molecule has 0 spiro atoms. The fourth-order valence-electron chi connectivity index (χ4n) is 3.43. The van der Waals surface area contributed by atoms with Crippen molar-refractivity contribution >= 4 is 15.9 Å². The number of benzene rings is 1. The summed E-state index contributed by atoms with van der Waals surface area (Å²) in [5, 5.41) is 10.7. The Morgan fingerprint density at radius 3 is 2.61 bits per heavy atom. The number of fused-ring (bicyclic) bond motifs is 2. The zero-order valence-corrected chi connectivity index (χ0v) is 11.8. The lowest BCUT2D eigenvalue weighted by Crippen LogP contribution is -2.44. The molecule has 3 nitrogen and oxygen atoms in total. The summed E-state index contributed by atoms with van der Waals surface area (Å²) < 4.78 is 6.91. The van der Waals surface area contributed by atoms with Gasteiger partial charge in [0.15, 0.2) is 0 Å². The number of halogens is 1. The molecule has 1 aromatic rings. The van der Waals surface area contributed by atoms with Crippen LogP contribution in [0.3, 0.4) is 0 Å². The Balaban J connectivity index is 1.90. The molecular weight excluding hydrogens is 294 g/mol. The lowest BCUT2D eigenvalue weighted by Gasteiger charge is -2.38. The number of hydrogen-bond acceptors (Lipinski definition) is 3. The van der Waals surface area contributed by atoms with Crippen LogP contribution in [0.4, 0.5) is 0 Å². The average Bonchev–Trinajstić information content (AvgIpc) is 2.99. The Morgan fingerprint density at radius 2 is 2.11 bits per heavy atom. The highest BCUT2D eigenvalue weighted by Crippen LogP contribution is 2.53. The largest absolute Gasteiger partial charge is 0.388 e. The van der Waals surface area contributed by atoms with Crippen molar-refractivity contribution in [1.29, 1.82) is 0 Å². The van der Waals surface area contributed by atoms with Crippen molar-refractivity contribution in [3.05, 3.63) is 34.3 Å². The van der Waals surface area contributed by atoms with E-state index in [2.05, 4.69) is 15.9 Å². The van der Waals surface area contributed by atoms with E-state index in [1.54, 1.807) is 0 Å². The second-order valence-corrected chi connectivity index (χ2v) is 6.34. The van der Waals surface area contributed by atoms with E-state index < -0.39 is 6.10 Å². The topological polar surface area (TPSA) is 55.5 Å². The van der Waals surface area contributed by atoms with Gasteiger partial charge in [-0.1, -0.05) is 28.1 Å². The summed E-state index contributed by atoms with van der Waals surface area (Å²) >= 11 is 3.41. The molecule has 0 aromatic heterocycles. The number of aliphatic hydroxyl groups excluding tert-OH is 1. The highest BCUT2D eigenvalue weighted by Gasteiger charge is 2.55. The van der Waals surface area contributed by atoms with Gasteiger partial charge in [0.25, 0.3) is 0 Å². The van der Waals surface area contributed by atoms with Crippen molar-refractivity contribution in [2.24, 2.45) is 11.1 Å². The van der Waals surface area contributed by atoms with Gasteiger partial charge in [-0.25, -0.2) is 0 Å². The van der Waals surface area contributed by atoms with Crippen LogP contribution >= 0.6 is 15.9 Å². The van der Waals surface area contributed by atoms with Crippen molar-refractivity contribution in [3.8, 4) is 0 Å². The van der Waals surface area contributed by atoms with E-state index in [1.165, 1.54) is 0 Å². The first-order chi connectivity index (χ1) is 8.65. The fraction of sp³-hybridized carbons (Fsp3) is 0.571. The first-order valence-electron chi connectivity index (χ1n) is 6.45. The van der Waals surface area contributed by atoms with Crippen molar-refractivity contribution in [1.82, 2.24) is 0 Å². The minimum atomic E-state index is -0.536. The molecule has 98 valence electrons. The summed E-state index contributed by atoms with van der Waals surface area (Å²) in [7, 11) is 0. The molecule has 3 N–H and O–H groups in total. The third-order valence-electron chi connectivity index (χ3n) is 4.47. The first-order valence-corrected chi connectivity index (χ1v) is 7.24. The van der Waals surface area contributed by atoms with Crippen LogP contribution in [0.15, 0.2) is 28.7 Å². The summed E-state index contributed by atoms with van der Waals surface area (Å²) in [5.74, 6) is 0. The van der Waals surface area contributed by atoms with Gasteiger partial charge in [-0.3, -0.25) is 0 Å². The molecule has 2 fully saturated rings. The number of rotatable bonds is 3. The monoisotopic (exact) mass is 311 g/mol. The molecule has 3 rings (SSSR count). The Bertz CT molecular complexity index is 436. The summed E-state index contributed by atoms with van der Waals surface area (Å²) in [6, 6.07) is 7.82. The highest BCUT2D eigenvalue weighted by atomic mass is 79.9. The summed E-state index contributed by atoms with van der Waals surface area (Å²) in [6.45, 7) is 0.478. The van der Waals surface area contributed by atoms with Crippen LogP contribution < -0.4 is 5.73 Å². The maximum atomic E-state index is 10.7. The van der Waals surface area contributed by atoms with Crippen LogP contribution in [0.1, 0.15) is 30.9 Å². The van der Waals surface area contributed by atoms with E-state index >= 15 is 0 Å². The molecule has 2 aliphatic rings. The second kappa shape index (κ2) is 4.60. The van der Waals surface area contributed by atoms with E-state index in [-0.39, 0.29) is 11.5 Å². The minimum absolute atomic E-state index is 0.117. The van der Waals surface area contributed by atoms with Crippen LogP contribution in [-0.4, -0.2) is 23.9 Å². The predicted octanol–water partition coefficient (Wildman–Crippen LogP) is 2.38.